The smallest absolute Gasteiger partial charge is 0.219 e. The standard InChI is InChI=1S/C14H19N5O/c1-11(20)18(2)10-12-6-4-5-7-14(12)15-8-13-9-16-17-19(13)3/h4-7,9,15H,8,10H2,1-3H3. The fraction of sp³-hybridized carbons (Fsp3) is 0.357. The number of nitrogens with one attached hydrogen (secondary N) is 1. The number of carbonyl (C=O) groups excluding carboxylic acids is 1. The molecule has 0 aliphatic rings. The highest BCUT2D eigenvalue weighted by Gasteiger charge is 2.08. The van der Waals surface area contributed by atoms with Crippen LogP contribution in [0.2, 0.25) is 0 Å². The van der Waals surface area contributed by atoms with Gasteiger partial charge in [-0.3, -0.25) is 9.48 Å². The van der Waals surface area contributed by atoms with Crippen molar-refractivity contribution in [1.29, 1.82) is 0 Å². The average molecular weight is 273 g/mol. The van der Waals surface area contributed by atoms with Crippen molar-refractivity contribution < 1.29 is 4.79 Å². The first-order valence-electron chi connectivity index (χ1n) is 6.45. The molecular formula is C14H19N5O. The third kappa shape index (κ3) is 3.34. The lowest BCUT2D eigenvalue weighted by atomic mass is 10.1. The van der Waals surface area contributed by atoms with Gasteiger partial charge in [0, 0.05) is 33.3 Å². The third-order valence-electron chi connectivity index (χ3n) is 3.23. The first-order chi connectivity index (χ1) is 9.58. The van der Waals surface area contributed by atoms with Crippen LogP contribution in [0.3, 0.4) is 0 Å². The van der Waals surface area contributed by atoms with E-state index in [1.165, 1.54) is 0 Å². The molecule has 106 valence electrons. The highest BCUT2D eigenvalue weighted by Crippen LogP contribution is 2.17. The van der Waals surface area contributed by atoms with E-state index in [2.05, 4.69) is 15.6 Å². The molecule has 0 spiro atoms. The topological polar surface area (TPSA) is 63.1 Å². The molecule has 6 nitrogen and oxygen atoms in total. The minimum absolute atomic E-state index is 0.0515. The maximum Gasteiger partial charge on any atom is 0.219 e. The number of para-hydroxylation sites is 1. The van der Waals surface area contributed by atoms with Gasteiger partial charge in [0.25, 0.3) is 0 Å². The van der Waals surface area contributed by atoms with Gasteiger partial charge in [0.2, 0.25) is 5.91 Å². The van der Waals surface area contributed by atoms with Crippen molar-refractivity contribution in [2.24, 2.45) is 7.05 Å². The molecule has 1 aromatic heterocycles. The average Bonchev–Trinajstić information content (AvgIpc) is 2.83. The summed E-state index contributed by atoms with van der Waals surface area (Å²) < 4.78 is 1.73. The fourth-order valence-corrected chi connectivity index (χ4v) is 1.85. The minimum atomic E-state index is 0.0515. The zero-order valence-corrected chi connectivity index (χ0v) is 12.0. The first-order valence-corrected chi connectivity index (χ1v) is 6.45. The third-order valence-corrected chi connectivity index (χ3v) is 3.23. The number of aromatic nitrogens is 3. The van der Waals surface area contributed by atoms with E-state index in [9.17, 15) is 4.79 Å². The van der Waals surface area contributed by atoms with Gasteiger partial charge in [-0.15, -0.1) is 5.10 Å². The molecule has 0 saturated heterocycles. The van der Waals surface area contributed by atoms with Gasteiger partial charge in [0.05, 0.1) is 18.4 Å². The van der Waals surface area contributed by atoms with E-state index in [1.54, 1.807) is 29.7 Å². The summed E-state index contributed by atoms with van der Waals surface area (Å²) in [7, 11) is 3.66. The lowest BCUT2D eigenvalue weighted by Crippen LogP contribution is -2.23. The minimum Gasteiger partial charge on any atom is -0.379 e. The molecule has 0 aliphatic carbocycles. The summed E-state index contributed by atoms with van der Waals surface area (Å²) >= 11 is 0. The molecule has 2 rings (SSSR count). The van der Waals surface area contributed by atoms with Gasteiger partial charge in [-0.05, 0) is 11.6 Å². The van der Waals surface area contributed by atoms with Crippen LogP contribution in [-0.4, -0.2) is 32.8 Å². The molecule has 6 heteroatoms. The highest BCUT2D eigenvalue weighted by atomic mass is 16.2. The molecule has 0 bridgehead atoms. The van der Waals surface area contributed by atoms with Crippen LogP contribution in [-0.2, 0) is 24.9 Å². The molecule has 1 aromatic carbocycles. The van der Waals surface area contributed by atoms with Crippen molar-refractivity contribution in [2.75, 3.05) is 12.4 Å². The molecule has 0 fully saturated rings. The number of hydrogen-bond acceptors (Lipinski definition) is 4. The number of carbonyl (C=O) groups is 1. The normalized spacial score (nSPS) is 10.3. The Balaban J connectivity index is 2.08. The molecule has 2 aromatic rings. The van der Waals surface area contributed by atoms with E-state index in [1.807, 2.05) is 31.3 Å². The number of aryl methyl sites for hydroxylation is 1. The quantitative estimate of drug-likeness (QED) is 0.894. The van der Waals surface area contributed by atoms with E-state index < -0.39 is 0 Å². The largest absolute Gasteiger partial charge is 0.379 e. The van der Waals surface area contributed by atoms with Gasteiger partial charge in [-0.25, -0.2) is 0 Å². The van der Waals surface area contributed by atoms with Crippen LogP contribution in [0.1, 0.15) is 18.2 Å². The molecule has 1 heterocycles. The monoisotopic (exact) mass is 273 g/mol. The molecule has 0 saturated carbocycles. The zero-order valence-electron chi connectivity index (χ0n) is 12.0. The second-order valence-corrected chi connectivity index (χ2v) is 4.73. The van der Waals surface area contributed by atoms with Gasteiger partial charge in [-0.1, -0.05) is 23.4 Å². The Kier molecular flexibility index (Phi) is 4.34. The molecule has 0 atom stereocenters. The Labute approximate surface area is 118 Å². The van der Waals surface area contributed by atoms with E-state index >= 15 is 0 Å². The van der Waals surface area contributed by atoms with E-state index in [-0.39, 0.29) is 5.91 Å². The van der Waals surface area contributed by atoms with Crippen LogP contribution in [0, 0.1) is 0 Å². The summed E-state index contributed by atoms with van der Waals surface area (Å²) in [4.78, 5) is 13.0. The van der Waals surface area contributed by atoms with Crippen molar-refractivity contribution in [3.05, 3.63) is 41.7 Å². The van der Waals surface area contributed by atoms with Gasteiger partial charge in [-0.2, -0.15) is 0 Å². The van der Waals surface area contributed by atoms with Crippen molar-refractivity contribution in [2.45, 2.75) is 20.0 Å². The number of amides is 1. The van der Waals surface area contributed by atoms with Gasteiger partial charge in [0.1, 0.15) is 0 Å². The first kappa shape index (κ1) is 14.0. The van der Waals surface area contributed by atoms with Crippen molar-refractivity contribution in [3.63, 3.8) is 0 Å². The summed E-state index contributed by atoms with van der Waals surface area (Å²) in [5.74, 6) is 0.0515. The van der Waals surface area contributed by atoms with E-state index in [0.29, 0.717) is 13.1 Å². The number of anilines is 1. The Hall–Kier alpha value is -2.37. The SMILES string of the molecule is CC(=O)N(C)Cc1ccccc1NCc1cnnn1C. The maximum absolute atomic E-state index is 11.3. The predicted molar refractivity (Wildman–Crippen MR) is 76.9 cm³/mol. The van der Waals surface area contributed by atoms with Crippen molar-refractivity contribution in [1.82, 2.24) is 19.9 Å². The lowest BCUT2D eigenvalue weighted by Gasteiger charge is -2.18. The van der Waals surface area contributed by atoms with Crippen molar-refractivity contribution in [3.8, 4) is 0 Å². The fourth-order valence-electron chi connectivity index (χ4n) is 1.85. The Morgan fingerprint density at radius 1 is 1.40 bits per heavy atom. The number of rotatable bonds is 5. The molecular weight excluding hydrogens is 254 g/mol. The number of benzene rings is 1. The highest BCUT2D eigenvalue weighted by molar-refractivity contribution is 5.73. The molecule has 0 aliphatic heterocycles. The molecule has 0 unspecified atom stereocenters. The predicted octanol–water partition coefficient (Wildman–Crippen LogP) is 1.41. The number of nitrogens with zero attached hydrogens (tertiary/aromatic N) is 4. The molecule has 20 heavy (non-hydrogen) atoms. The van der Waals surface area contributed by atoms with Crippen LogP contribution >= 0.6 is 0 Å². The van der Waals surface area contributed by atoms with Crippen LogP contribution in [0.25, 0.3) is 0 Å². The van der Waals surface area contributed by atoms with Crippen LogP contribution < -0.4 is 5.32 Å². The summed E-state index contributed by atoms with van der Waals surface area (Å²) in [6.45, 7) is 2.80. The van der Waals surface area contributed by atoms with Gasteiger partial charge < -0.3 is 10.2 Å². The maximum atomic E-state index is 11.3. The van der Waals surface area contributed by atoms with Gasteiger partial charge in [0.15, 0.2) is 0 Å². The molecule has 1 amide bonds. The second kappa shape index (κ2) is 6.18. The summed E-state index contributed by atoms with van der Waals surface area (Å²) in [6.07, 6.45) is 1.73. The summed E-state index contributed by atoms with van der Waals surface area (Å²) in [6, 6.07) is 7.97. The van der Waals surface area contributed by atoms with Gasteiger partial charge >= 0.3 is 0 Å². The number of hydrogen-bond donors (Lipinski definition) is 1. The summed E-state index contributed by atoms with van der Waals surface area (Å²) in [5.41, 5.74) is 3.10. The second-order valence-electron chi connectivity index (χ2n) is 4.73. The van der Waals surface area contributed by atoms with Crippen LogP contribution in [0.5, 0.6) is 0 Å². The Bertz CT molecular complexity index is 593. The van der Waals surface area contributed by atoms with E-state index in [0.717, 1.165) is 16.9 Å². The zero-order chi connectivity index (χ0) is 14.5. The van der Waals surface area contributed by atoms with Crippen LogP contribution in [0.15, 0.2) is 30.5 Å². The van der Waals surface area contributed by atoms with E-state index in [4.69, 9.17) is 0 Å². The van der Waals surface area contributed by atoms with Crippen molar-refractivity contribution >= 4 is 11.6 Å². The Morgan fingerprint density at radius 2 is 2.15 bits per heavy atom. The summed E-state index contributed by atoms with van der Waals surface area (Å²) in [5, 5.41) is 11.1. The lowest BCUT2D eigenvalue weighted by molar-refractivity contribution is -0.128. The molecule has 1 N–H and O–H groups in total. The van der Waals surface area contributed by atoms with Crippen LogP contribution in [0.4, 0.5) is 5.69 Å². The molecule has 0 radical (unpaired) electrons. The Morgan fingerprint density at radius 3 is 2.80 bits per heavy atom.